The fourth-order valence-corrected chi connectivity index (χ4v) is 2.37. The van der Waals surface area contributed by atoms with Crippen molar-refractivity contribution in [3.05, 3.63) is 59.7 Å². The average Bonchev–Trinajstić information content (AvgIpc) is 2.72. The van der Waals surface area contributed by atoms with E-state index in [9.17, 15) is 49.8 Å². The van der Waals surface area contributed by atoms with Gasteiger partial charge in [0, 0.05) is 6.08 Å². The number of carbonyl (C=O) groups excluding carboxylic acids is 2. The van der Waals surface area contributed by atoms with Gasteiger partial charge in [0.05, 0.1) is 0 Å². The standard InChI is InChI=1S/C21H16O11/c22-13-5-1-11(9-15(13)24)3-7-17(26)21(19(28)29,20(30)31)32-18(27)8-4-12-2-6-14(23)16(25)10-12/h1-10,22-25H,(H,28,29)(H,30,31)/b7-3+,8-4+. The maximum atomic E-state index is 12.4. The van der Waals surface area contributed by atoms with Crippen LogP contribution in [-0.2, 0) is 23.9 Å². The molecule has 166 valence electrons. The van der Waals surface area contributed by atoms with Gasteiger partial charge < -0.3 is 35.4 Å². The third kappa shape index (κ3) is 5.02. The average molecular weight is 444 g/mol. The van der Waals surface area contributed by atoms with Crippen molar-refractivity contribution >= 4 is 35.8 Å². The molecule has 0 radical (unpaired) electrons. The molecule has 0 unspecified atom stereocenters. The molecule has 32 heavy (non-hydrogen) atoms. The lowest BCUT2D eigenvalue weighted by Gasteiger charge is -2.21. The van der Waals surface area contributed by atoms with E-state index in [2.05, 4.69) is 4.74 Å². The number of hydrogen-bond acceptors (Lipinski definition) is 9. The first-order valence-electron chi connectivity index (χ1n) is 8.61. The molecule has 2 aromatic carbocycles. The van der Waals surface area contributed by atoms with Crippen LogP contribution in [0.1, 0.15) is 11.1 Å². The van der Waals surface area contributed by atoms with Crippen molar-refractivity contribution in [3.63, 3.8) is 0 Å². The fraction of sp³-hybridized carbons (Fsp3) is 0.0476. The highest BCUT2D eigenvalue weighted by molar-refractivity contribution is 6.28. The second-order valence-electron chi connectivity index (χ2n) is 6.24. The van der Waals surface area contributed by atoms with Gasteiger partial charge in [-0.15, -0.1) is 0 Å². The Bertz CT molecular complexity index is 1130. The molecule has 2 rings (SSSR count). The van der Waals surface area contributed by atoms with Gasteiger partial charge in [-0.1, -0.05) is 18.2 Å². The minimum absolute atomic E-state index is 0.108. The quantitative estimate of drug-likeness (QED) is 0.148. The number of benzene rings is 2. The zero-order valence-corrected chi connectivity index (χ0v) is 16.0. The molecule has 0 atom stereocenters. The topological polar surface area (TPSA) is 199 Å². The Hall–Kier alpha value is -4.80. The van der Waals surface area contributed by atoms with Crippen molar-refractivity contribution < 1.29 is 54.6 Å². The Balaban J connectivity index is 2.30. The monoisotopic (exact) mass is 444 g/mol. The molecule has 0 amide bonds. The van der Waals surface area contributed by atoms with Gasteiger partial charge in [0.25, 0.3) is 0 Å². The van der Waals surface area contributed by atoms with Gasteiger partial charge in [0.15, 0.2) is 23.0 Å². The number of hydrogen-bond donors (Lipinski definition) is 6. The van der Waals surface area contributed by atoms with Gasteiger partial charge >= 0.3 is 23.5 Å². The van der Waals surface area contributed by atoms with Crippen LogP contribution in [0, 0.1) is 0 Å². The summed E-state index contributed by atoms with van der Waals surface area (Å²) >= 11 is 0. The highest BCUT2D eigenvalue weighted by Gasteiger charge is 2.56. The fourth-order valence-electron chi connectivity index (χ4n) is 2.37. The molecule has 0 aromatic heterocycles. The molecule has 11 nitrogen and oxygen atoms in total. The lowest BCUT2D eigenvalue weighted by molar-refractivity contribution is -0.188. The van der Waals surface area contributed by atoms with Crippen LogP contribution in [0.5, 0.6) is 23.0 Å². The highest BCUT2D eigenvalue weighted by Crippen LogP contribution is 2.27. The van der Waals surface area contributed by atoms with Crippen molar-refractivity contribution in [3.8, 4) is 23.0 Å². The predicted molar refractivity (Wildman–Crippen MR) is 107 cm³/mol. The Morgan fingerprint density at radius 2 is 1.12 bits per heavy atom. The van der Waals surface area contributed by atoms with E-state index in [1.165, 1.54) is 12.1 Å². The minimum atomic E-state index is -3.60. The van der Waals surface area contributed by atoms with Crippen LogP contribution < -0.4 is 0 Å². The van der Waals surface area contributed by atoms with Crippen LogP contribution in [0.4, 0.5) is 0 Å². The van der Waals surface area contributed by atoms with Gasteiger partial charge in [-0.25, -0.2) is 14.4 Å². The number of aromatic hydroxyl groups is 4. The van der Waals surface area contributed by atoms with E-state index >= 15 is 0 Å². The number of ketones is 1. The molecule has 0 saturated heterocycles. The number of carbonyl (C=O) groups is 4. The maximum absolute atomic E-state index is 12.4. The van der Waals surface area contributed by atoms with Gasteiger partial charge in [-0.05, 0) is 47.5 Å². The largest absolute Gasteiger partial charge is 0.504 e. The second-order valence-corrected chi connectivity index (χ2v) is 6.24. The van der Waals surface area contributed by atoms with Gasteiger partial charge in [-0.3, -0.25) is 4.79 Å². The first-order chi connectivity index (χ1) is 15.0. The van der Waals surface area contributed by atoms with Gasteiger partial charge in [0.1, 0.15) is 0 Å². The normalized spacial score (nSPS) is 11.5. The first-order valence-corrected chi connectivity index (χ1v) is 8.61. The van der Waals surface area contributed by atoms with Crippen molar-refractivity contribution in [1.82, 2.24) is 0 Å². The molecule has 0 saturated carbocycles. The third-order valence-electron chi connectivity index (χ3n) is 4.04. The number of carboxylic acid groups (broad SMARTS) is 2. The van der Waals surface area contributed by atoms with E-state index in [0.29, 0.717) is 12.2 Å². The Morgan fingerprint density at radius 1 is 0.688 bits per heavy atom. The number of esters is 1. The summed E-state index contributed by atoms with van der Waals surface area (Å²) in [6.45, 7) is 0. The zero-order chi connectivity index (χ0) is 24.1. The molecule has 11 heteroatoms. The number of carboxylic acids is 2. The maximum Gasteiger partial charge on any atom is 0.368 e. The van der Waals surface area contributed by atoms with E-state index in [4.69, 9.17) is 0 Å². The summed E-state index contributed by atoms with van der Waals surface area (Å²) in [4.78, 5) is 47.8. The van der Waals surface area contributed by atoms with E-state index < -0.39 is 52.3 Å². The number of phenolic OH excluding ortho intramolecular Hbond substituents is 4. The lowest BCUT2D eigenvalue weighted by Crippen LogP contribution is -2.56. The van der Waals surface area contributed by atoms with Crippen LogP contribution in [0.3, 0.4) is 0 Å². The molecular formula is C21H16O11. The summed E-state index contributed by atoms with van der Waals surface area (Å²) in [6.07, 6.45) is 3.13. The summed E-state index contributed by atoms with van der Waals surface area (Å²) in [7, 11) is 0. The van der Waals surface area contributed by atoms with Crippen LogP contribution in [0.2, 0.25) is 0 Å². The molecule has 0 aliphatic rings. The summed E-state index contributed by atoms with van der Waals surface area (Å²) in [6, 6.07) is 6.78. The van der Waals surface area contributed by atoms with E-state index in [0.717, 1.165) is 36.4 Å². The van der Waals surface area contributed by atoms with Crippen molar-refractivity contribution in [2.75, 3.05) is 0 Å². The van der Waals surface area contributed by atoms with Crippen LogP contribution >= 0.6 is 0 Å². The summed E-state index contributed by atoms with van der Waals surface area (Å²) < 4.78 is 4.50. The highest BCUT2D eigenvalue weighted by atomic mass is 16.6. The molecule has 0 aliphatic heterocycles. The molecule has 6 N–H and O–H groups in total. The molecule has 0 fully saturated rings. The lowest BCUT2D eigenvalue weighted by atomic mass is 9.97. The third-order valence-corrected chi connectivity index (χ3v) is 4.04. The van der Waals surface area contributed by atoms with Gasteiger partial charge in [-0.2, -0.15) is 0 Å². The van der Waals surface area contributed by atoms with Crippen LogP contribution in [0.15, 0.2) is 48.6 Å². The van der Waals surface area contributed by atoms with E-state index in [1.807, 2.05) is 0 Å². The zero-order valence-electron chi connectivity index (χ0n) is 16.0. The Morgan fingerprint density at radius 3 is 1.53 bits per heavy atom. The Kier molecular flexibility index (Phi) is 6.85. The molecular weight excluding hydrogens is 428 g/mol. The molecule has 0 bridgehead atoms. The number of ether oxygens (including phenoxy) is 1. The SMILES string of the molecule is O=C(/C=C/c1ccc(O)c(O)c1)OC(C(=O)O)(C(=O)O)C(=O)/C=C/c1ccc(O)c(O)c1. The molecule has 0 spiro atoms. The van der Waals surface area contributed by atoms with Crippen molar-refractivity contribution in [2.45, 2.75) is 5.60 Å². The summed E-state index contributed by atoms with van der Waals surface area (Å²) in [5.41, 5.74) is -3.32. The molecule has 0 heterocycles. The predicted octanol–water partition coefficient (Wildman–Crippen LogP) is 1.26. The van der Waals surface area contributed by atoms with Crippen LogP contribution in [0.25, 0.3) is 12.2 Å². The number of rotatable bonds is 8. The minimum Gasteiger partial charge on any atom is -0.504 e. The smallest absolute Gasteiger partial charge is 0.368 e. The van der Waals surface area contributed by atoms with Crippen LogP contribution in [-0.4, -0.2) is 59.9 Å². The number of phenols is 4. The van der Waals surface area contributed by atoms with E-state index in [-0.39, 0.29) is 11.1 Å². The van der Waals surface area contributed by atoms with Crippen molar-refractivity contribution in [1.29, 1.82) is 0 Å². The van der Waals surface area contributed by atoms with Gasteiger partial charge in [0.2, 0.25) is 5.78 Å². The molecule has 2 aromatic rings. The first kappa shape index (κ1) is 23.5. The summed E-state index contributed by atoms with van der Waals surface area (Å²) in [5.74, 6) is -9.58. The van der Waals surface area contributed by atoms with E-state index in [1.54, 1.807) is 0 Å². The second kappa shape index (κ2) is 9.34. The molecule has 0 aliphatic carbocycles. The van der Waals surface area contributed by atoms with Crippen molar-refractivity contribution in [2.24, 2.45) is 0 Å². The summed E-state index contributed by atoms with van der Waals surface area (Å²) in [5, 5.41) is 56.1. The Labute approximate surface area is 179 Å². The number of aliphatic carboxylic acids is 2.